The summed E-state index contributed by atoms with van der Waals surface area (Å²) in [5, 5.41) is 0. The Hall–Kier alpha value is -1.91. The van der Waals surface area contributed by atoms with Crippen LogP contribution in [0, 0.1) is 0 Å². The second-order valence-electron chi connectivity index (χ2n) is 6.68. The Kier molecular flexibility index (Phi) is 12.2. The van der Waals surface area contributed by atoms with Crippen molar-refractivity contribution in [3.05, 3.63) is 24.3 Å². The van der Waals surface area contributed by atoms with Gasteiger partial charge in [-0.05, 0) is 44.9 Å². The Morgan fingerprint density at radius 1 is 1.12 bits per heavy atom. The second-order valence-corrected chi connectivity index (χ2v) is 6.68. The van der Waals surface area contributed by atoms with Crippen molar-refractivity contribution < 1.29 is 19.1 Å². The third-order valence-electron chi connectivity index (χ3n) is 4.61. The highest BCUT2D eigenvalue weighted by Crippen LogP contribution is 2.19. The summed E-state index contributed by atoms with van der Waals surface area (Å²) in [6.45, 7) is 0.630. The van der Waals surface area contributed by atoms with Crippen molar-refractivity contribution in [1.82, 2.24) is 4.90 Å². The number of hydrogen-bond acceptors (Lipinski definition) is 4. The minimum absolute atomic E-state index is 0.180. The summed E-state index contributed by atoms with van der Waals surface area (Å²) in [7, 11) is 1.40. The van der Waals surface area contributed by atoms with E-state index < -0.39 is 0 Å². The van der Waals surface area contributed by atoms with Crippen LogP contribution >= 0.6 is 0 Å². The molecule has 0 aromatic heterocycles. The average molecular weight is 363 g/mol. The van der Waals surface area contributed by atoms with Crippen molar-refractivity contribution in [1.29, 1.82) is 0 Å². The number of nitrogens with zero attached hydrogens (tertiary/aromatic N) is 1. The first kappa shape index (κ1) is 22.1. The fraction of sp³-hybridized carbons (Fsp3) is 0.667. The molecule has 0 radical (unpaired) electrons. The van der Waals surface area contributed by atoms with E-state index in [9.17, 15) is 14.4 Å². The molecule has 0 N–H and O–H groups in total. The molecule has 1 rings (SSSR count). The molecule has 0 aliphatic carbocycles. The zero-order chi connectivity index (χ0) is 19.0. The van der Waals surface area contributed by atoms with Gasteiger partial charge in [-0.25, -0.2) is 0 Å². The number of likely N-dealkylation sites (tertiary alicyclic amines) is 1. The number of amides is 1. The van der Waals surface area contributed by atoms with E-state index in [0.717, 1.165) is 57.7 Å². The fourth-order valence-corrected chi connectivity index (χ4v) is 3.08. The molecule has 1 atom stereocenters. The maximum Gasteiger partial charge on any atom is 0.305 e. The van der Waals surface area contributed by atoms with Gasteiger partial charge < -0.3 is 14.4 Å². The van der Waals surface area contributed by atoms with E-state index >= 15 is 0 Å². The van der Waals surface area contributed by atoms with Crippen LogP contribution in [-0.2, 0) is 19.1 Å². The molecule has 1 unspecified atom stereocenters. The van der Waals surface area contributed by atoms with Gasteiger partial charge in [-0.15, -0.1) is 0 Å². The summed E-state index contributed by atoms with van der Waals surface area (Å²) in [6, 6.07) is 0.186. The number of ether oxygens (including phenoxy) is 1. The van der Waals surface area contributed by atoms with Crippen molar-refractivity contribution in [3.8, 4) is 0 Å². The summed E-state index contributed by atoms with van der Waals surface area (Å²) in [5.41, 5.74) is 0. The van der Waals surface area contributed by atoms with Crippen molar-refractivity contribution in [2.75, 3.05) is 13.7 Å². The minimum atomic E-state index is -0.180. The minimum Gasteiger partial charge on any atom is -0.469 e. The second kappa shape index (κ2) is 14.3. The maximum absolute atomic E-state index is 12.2. The molecule has 1 aliphatic heterocycles. The maximum atomic E-state index is 12.2. The molecule has 1 aliphatic rings. The van der Waals surface area contributed by atoms with Crippen LogP contribution in [0.15, 0.2) is 24.3 Å². The van der Waals surface area contributed by atoms with Crippen molar-refractivity contribution >= 4 is 18.2 Å². The molecule has 1 fully saturated rings. The lowest BCUT2D eigenvalue weighted by Crippen LogP contribution is -2.42. The highest BCUT2D eigenvalue weighted by Gasteiger charge is 2.24. The van der Waals surface area contributed by atoms with Crippen LogP contribution in [0.4, 0.5) is 0 Å². The summed E-state index contributed by atoms with van der Waals surface area (Å²) in [4.78, 5) is 35.5. The molecule has 0 aromatic rings. The molecule has 0 saturated carbocycles. The third-order valence-corrected chi connectivity index (χ3v) is 4.61. The van der Waals surface area contributed by atoms with Gasteiger partial charge in [-0.2, -0.15) is 0 Å². The van der Waals surface area contributed by atoms with Crippen LogP contribution in [0.2, 0.25) is 0 Å². The van der Waals surface area contributed by atoms with Crippen LogP contribution in [0.5, 0.6) is 0 Å². The first-order chi connectivity index (χ1) is 12.7. The monoisotopic (exact) mass is 363 g/mol. The Labute approximate surface area is 157 Å². The third kappa shape index (κ3) is 9.54. The number of rotatable bonds is 13. The lowest BCUT2D eigenvalue weighted by atomic mass is 10.0. The molecular formula is C21H33NO4. The zero-order valence-corrected chi connectivity index (χ0v) is 16.0. The average Bonchev–Trinajstić information content (AvgIpc) is 2.65. The van der Waals surface area contributed by atoms with Crippen LogP contribution in [0.25, 0.3) is 0 Å². The molecule has 5 nitrogen and oxygen atoms in total. The summed E-state index contributed by atoms with van der Waals surface area (Å²) < 4.78 is 4.62. The smallest absolute Gasteiger partial charge is 0.305 e. The Bertz CT molecular complexity index is 484. The van der Waals surface area contributed by atoms with E-state index in [-0.39, 0.29) is 17.9 Å². The van der Waals surface area contributed by atoms with Crippen molar-refractivity contribution in [3.63, 3.8) is 0 Å². The van der Waals surface area contributed by atoms with Crippen LogP contribution in [-0.4, -0.2) is 42.8 Å². The highest BCUT2D eigenvalue weighted by atomic mass is 16.5. The Morgan fingerprint density at radius 2 is 1.88 bits per heavy atom. The first-order valence-electron chi connectivity index (χ1n) is 9.80. The van der Waals surface area contributed by atoms with E-state index in [1.807, 2.05) is 17.1 Å². The number of allylic oxidation sites excluding steroid dienone is 2. The normalized spacial score (nSPS) is 18.0. The van der Waals surface area contributed by atoms with Gasteiger partial charge in [0.1, 0.15) is 6.29 Å². The molecule has 26 heavy (non-hydrogen) atoms. The van der Waals surface area contributed by atoms with Gasteiger partial charge in [0.05, 0.1) is 13.2 Å². The Morgan fingerprint density at radius 3 is 2.65 bits per heavy atom. The summed E-state index contributed by atoms with van der Waals surface area (Å²) in [6.07, 6.45) is 18.8. The molecule has 0 aromatic carbocycles. The predicted molar refractivity (Wildman–Crippen MR) is 103 cm³/mol. The molecule has 0 spiro atoms. The van der Waals surface area contributed by atoms with Gasteiger partial charge in [0.2, 0.25) is 5.91 Å². The fourth-order valence-electron chi connectivity index (χ4n) is 3.08. The van der Waals surface area contributed by atoms with Crippen LogP contribution < -0.4 is 0 Å². The molecule has 5 heteroatoms. The topological polar surface area (TPSA) is 63.7 Å². The number of unbranched alkanes of at least 4 members (excludes halogenated alkanes) is 5. The number of hydrogen-bond donors (Lipinski definition) is 0. The van der Waals surface area contributed by atoms with Gasteiger partial charge in [-0.1, -0.05) is 30.7 Å². The van der Waals surface area contributed by atoms with E-state index in [1.54, 1.807) is 0 Å². The van der Waals surface area contributed by atoms with Gasteiger partial charge in [0.25, 0.3) is 0 Å². The van der Waals surface area contributed by atoms with E-state index in [2.05, 4.69) is 16.9 Å². The predicted octanol–water partition coefficient (Wildman–Crippen LogP) is 3.97. The Balaban J connectivity index is 2.33. The molecule has 1 saturated heterocycles. The molecule has 1 heterocycles. The van der Waals surface area contributed by atoms with E-state index in [4.69, 9.17) is 0 Å². The van der Waals surface area contributed by atoms with E-state index in [0.29, 0.717) is 25.8 Å². The number of piperidine rings is 1. The zero-order valence-electron chi connectivity index (χ0n) is 16.0. The van der Waals surface area contributed by atoms with Gasteiger partial charge in [0.15, 0.2) is 0 Å². The number of aldehydes is 1. The van der Waals surface area contributed by atoms with Crippen LogP contribution in [0.1, 0.15) is 70.6 Å². The summed E-state index contributed by atoms with van der Waals surface area (Å²) >= 11 is 0. The summed E-state index contributed by atoms with van der Waals surface area (Å²) in [5.74, 6) is 0.0389. The molecule has 146 valence electrons. The number of methoxy groups -OCH3 is 1. The van der Waals surface area contributed by atoms with Crippen molar-refractivity contribution in [2.45, 2.75) is 76.7 Å². The van der Waals surface area contributed by atoms with Gasteiger partial charge in [0, 0.05) is 25.8 Å². The lowest BCUT2D eigenvalue weighted by molar-refractivity contribution is -0.140. The number of esters is 1. The lowest BCUT2D eigenvalue weighted by Gasteiger charge is -2.33. The molecule has 1 amide bonds. The first-order valence-corrected chi connectivity index (χ1v) is 9.80. The molecule has 0 bridgehead atoms. The highest BCUT2D eigenvalue weighted by molar-refractivity contribution is 5.77. The quantitative estimate of drug-likeness (QED) is 0.215. The number of carbonyl (C=O) groups excluding carboxylic acids is 3. The molecular weight excluding hydrogens is 330 g/mol. The van der Waals surface area contributed by atoms with Crippen molar-refractivity contribution in [2.24, 2.45) is 0 Å². The van der Waals surface area contributed by atoms with E-state index in [1.165, 1.54) is 7.11 Å². The standard InChI is InChI=1S/C21H33NO4/c1-26-21(25)16-9-5-6-10-17-22-19(14-12-15-20(22)24)13-8-4-2-3-7-11-18-23/h6,8,10,13,18-19H,2-5,7,9,11-12,14-17H2,1H3. The largest absolute Gasteiger partial charge is 0.469 e. The van der Waals surface area contributed by atoms with Gasteiger partial charge >= 0.3 is 5.97 Å². The van der Waals surface area contributed by atoms with Crippen LogP contribution in [0.3, 0.4) is 0 Å². The SMILES string of the molecule is COC(=O)CCCC=CCN1C(=O)CCCC1C=CCCCCCC=O. The number of carbonyl (C=O) groups is 3. The van der Waals surface area contributed by atoms with Gasteiger partial charge in [-0.3, -0.25) is 9.59 Å².